The van der Waals surface area contributed by atoms with E-state index in [2.05, 4.69) is 20.3 Å². The highest BCUT2D eigenvalue weighted by molar-refractivity contribution is 5.79. The number of hydrogen-bond acceptors (Lipinski definition) is 2. The zero-order chi connectivity index (χ0) is 14.0. The smallest absolute Gasteiger partial charge is 0.189 e. The summed E-state index contributed by atoms with van der Waals surface area (Å²) in [5, 5.41) is 3.12. The van der Waals surface area contributed by atoms with Gasteiger partial charge in [0.05, 0.1) is 11.0 Å². The Morgan fingerprint density at radius 2 is 2.16 bits per heavy atom. The van der Waals surface area contributed by atoms with E-state index in [9.17, 15) is 0 Å². The van der Waals surface area contributed by atoms with Gasteiger partial charge >= 0.3 is 0 Å². The van der Waals surface area contributed by atoms with Gasteiger partial charge in [-0.3, -0.25) is 0 Å². The molecular formula is C14H21N5. The Morgan fingerprint density at radius 3 is 2.79 bits per heavy atom. The first-order valence-electron chi connectivity index (χ1n) is 6.37. The van der Waals surface area contributed by atoms with Gasteiger partial charge in [-0.15, -0.1) is 0 Å². The van der Waals surface area contributed by atoms with Crippen molar-refractivity contribution in [2.75, 3.05) is 0 Å². The van der Waals surface area contributed by atoms with Gasteiger partial charge in [-0.05, 0) is 39.3 Å². The second-order valence-corrected chi connectivity index (χ2v) is 5.73. The third-order valence-electron chi connectivity index (χ3n) is 2.67. The van der Waals surface area contributed by atoms with Crippen LogP contribution in [0.5, 0.6) is 0 Å². The van der Waals surface area contributed by atoms with Crippen molar-refractivity contribution in [2.45, 2.75) is 39.8 Å². The molecule has 2 aromatic rings. The summed E-state index contributed by atoms with van der Waals surface area (Å²) >= 11 is 0. The summed E-state index contributed by atoms with van der Waals surface area (Å²) in [5.74, 6) is 1.26. The molecule has 0 saturated heterocycles. The van der Waals surface area contributed by atoms with Crippen LogP contribution in [0.4, 0.5) is 0 Å². The van der Waals surface area contributed by atoms with Gasteiger partial charge in [-0.2, -0.15) is 0 Å². The fourth-order valence-electron chi connectivity index (χ4n) is 1.89. The number of nitrogens with one attached hydrogen (secondary N) is 2. The Labute approximate surface area is 113 Å². The monoisotopic (exact) mass is 259 g/mol. The number of nitrogens with two attached hydrogens (primary N) is 1. The van der Waals surface area contributed by atoms with Crippen LogP contribution in [0.1, 0.15) is 32.2 Å². The van der Waals surface area contributed by atoms with Gasteiger partial charge in [-0.1, -0.05) is 12.1 Å². The molecule has 0 aliphatic rings. The molecule has 0 radical (unpaired) electrons. The Hall–Kier alpha value is -2.04. The average Bonchev–Trinajstić information content (AvgIpc) is 2.68. The van der Waals surface area contributed by atoms with Gasteiger partial charge in [0.15, 0.2) is 5.96 Å². The lowest BCUT2D eigenvalue weighted by molar-refractivity contribution is 0.508. The number of benzene rings is 1. The number of fused-ring (bicyclic) bond motifs is 1. The molecule has 0 aliphatic heterocycles. The Kier molecular flexibility index (Phi) is 3.46. The van der Waals surface area contributed by atoms with Crippen LogP contribution in [0.2, 0.25) is 0 Å². The van der Waals surface area contributed by atoms with E-state index < -0.39 is 0 Å². The topological polar surface area (TPSA) is 79.1 Å². The molecule has 4 N–H and O–H groups in total. The number of aromatic amines is 1. The highest BCUT2D eigenvalue weighted by atomic mass is 15.1. The maximum Gasteiger partial charge on any atom is 0.189 e. The van der Waals surface area contributed by atoms with Crippen LogP contribution in [0.25, 0.3) is 11.0 Å². The molecule has 1 heterocycles. The lowest BCUT2D eigenvalue weighted by atomic mass is 10.1. The quantitative estimate of drug-likeness (QED) is 0.570. The second kappa shape index (κ2) is 4.91. The van der Waals surface area contributed by atoms with Crippen LogP contribution >= 0.6 is 0 Å². The normalized spacial score (nSPS) is 12.9. The van der Waals surface area contributed by atoms with Gasteiger partial charge < -0.3 is 16.0 Å². The van der Waals surface area contributed by atoms with E-state index in [4.69, 9.17) is 5.73 Å². The van der Waals surface area contributed by atoms with E-state index in [1.807, 2.05) is 45.9 Å². The number of aryl methyl sites for hydroxylation is 1. The predicted octanol–water partition coefficient (Wildman–Crippen LogP) is 2.07. The third-order valence-corrected chi connectivity index (χ3v) is 2.67. The Bertz CT molecular complexity index is 604. The molecule has 5 nitrogen and oxygen atoms in total. The van der Waals surface area contributed by atoms with Gasteiger partial charge in [0, 0.05) is 5.54 Å². The molecule has 0 saturated carbocycles. The molecule has 1 aromatic carbocycles. The SMILES string of the molecule is Cc1cccc2[nH]c(CN=C(N)NC(C)(C)C)nc12. The van der Waals surface area contributed by atoms with Gasteiger partial charge in [-0.25, -0.2) is 9.98 Å². The van der Waals surface area contributed by atoms with Gasteiger partial charge in [0.25, 0.3) is 0 Å². The average molecular weight is 259 g/mol. The molecular weight excluding hydrogens is 238 g/mol. The van der Waals surface area contributed by atoms with E-state index in [0.717, 1.165) is 22.4 Å². The summed E-state index contributed by atoms with van der Waals surface area (Å²) in [4.78, 5) is 12.1. The molecule has 0 amide bonds. The van der Waals surface area contributed by atoms with Crippen LogP contribution in [-0.2, 0) is 6.54 Å². The van der Waals surface area contributed by atoms with E-state index in [-0.39, 0.29) is 5.54 Å². The fourth-order valence-corrected chi connectivity index (χ4v) is 1.89. The van der Waals surface area contributed by atoms with Crippen molar-refractivity contribution in [1.82, 2.24) is 15.3 Å². The summed E-state index contributed by atoms with van der Waals surface area (Å²) in [6.07, 6.45) is 0. The number of imidazole rings is 1. The third kappa shape index (κ3) is 3.47. The zero-order valence-electron chi connectivity index (χ0n) is 11.9. The van der Waals surface area contributed by atoms with Crippen LogP contribution in [0.15, 0.2) is 23.2 Å². The molecule has 0 unspecified atom stereocenters. The van der Waals surface area contributed by atoms with Crippen LogP contribution in [-0.4, -0.2) is 21.5 Å². The van der Waals surface area contributed by atoms with Gasteiger partial charge in [0.1, 0.15) is 12.4 Å². The van der Waals surface area contributed by atoms with Crippen molar-refractivity contribution in [3.8, 4) is 0 Å². The molecule has 0 bridgehead atoms. The minimum absolute atomic E-state index is 0.0853. The maximum absolute atomic E-state index is 5.83. The molecule has 5 heteroatoms. The minimum Gasteiger partial charge on any atom is -0.370 e. The summed E-state index contributed by atoms with van der Waals surface area (Å²) in [5.41, 5.74) is 8.93. The fraction of sp³-hybridized carbons (Fsp3) is 0.429. The standard InChI is InChI=1S/C14H21N5/c1-9-6-5-7-10-12(9)18-11(17-10)8-16-13(15)19-14(2,3)4/h5-7H,8H2,1-4H3,(H,17,18)(H3,15,16,19). The first-order valence-corrected chi connectivity index (χ1v) is 6.37. The van der Waals surface area contributed by atoms with E-state index in [1.165, 1.54) is 0 Å². The van der Waals surface area contributed by atoms with Crippen molar-refractivity contribution in [3.63, 3.8) is 0 Å². The maximum atomic E-state index is 5.83. The number of aliphatic imine (C=N–C) groups is 1. The van der Waals surface area contributed by atoms with Crippen LogP contribution < -0.4 is 11.1 Å². The Balaban J connectivity index is 2.14. The van der Waals surface area contributed by atoms with E-state index in [0.29, 0.717) is 12.5 Å². The van der Waals surface area contributed by atoms with E-state index in [1.54, 1.807) is 0 Å². The first-order chi connectivity index (χ1) is 8.85. The summed E-state index contributed by atoms with van der Waals surface area (Å²) in [6.45, 7) is 8.62. The van der Waals surface area contributed by atoms with E-state index >= 15 is 0 Å². The number of aromatic nitrogens is 2. The van der Waals surface area contributed by atoms with Gasteiger partial charge in [0.2, 0.25) is 0 Å². The lowest BCUT2D eigenvalue weighted by Crippen LogP contribution is -2.45. The molecule has 102 valence electrons. The first kappa shape index (κ1) is 13.4. The van der Waals surface area contributed by atoms with Crippen LogP contribution in [0.3, 0.4) is 0 Å². The molecule has 2 rings (SSSR count). The molecule has 19 heavy (non-hydrogen) atoms. The van der Waals surface area contributed by atoms with Crippen molar-refractivity contribution >= 4 is 17.0 Å². The lowest BCUT2D eigenvalue weighted by Gasteiger charge is -2.20. The number of rotatable bonds is 2. The molecule has 0 fully saturated rings. The zero-order valence-corrected chi connectivity index (χ0v) is 11.9. The molecule has 0 atom stereocenters. The molecule has 0 aliphatic carbocycles. The predicted molar refractivity (Wildman–Crippen MR) is 79.0 cm³/mol. The van der Waals surface area contributed by atoms with Crippen molar-refractivity contribution < 1.29 is 0 Å². The number of hydrogen-bond donors (Lipinski definition) is 3. The summed E-state index contributed by atoms with van der Waals surface area (Å²) in [7, 11) is 0. The highest BCUT2D eigenvalue weighted by Gasteiger charge is 2.10. The number of nitrogens with zero attached hydrogens (tertiary/aromatic N) is 2. The second-order valence-electron chi connectivity index (χ2n) is 5.73. The number of guanidine groups is 1. The minimum atomic E-state index is -0.0853. The van der Waals surface area contributed by atoms with Crippen molar-refractivity contribution in [2.24, 2.45) is 10.7 Å². The largest absolute Gasteiger partial charge is 0.370 e. The molecule has 0 spiro atoms. The van der Waals surface area contributed by atoms with Crippen molar-refractivity contribution in [3.05, 3.63) is 29.6 Å². The highest BCUT2D eigenvalue weighted by Crippen LogP contribution is 2.15. The van der Waals surface area contributed by atoms with Crippen LogP contribution in [0, 0.1) is 6.92 Å². The summed E-state index contributed by atoms with van der Waals surface area (Å²) < 4.78 is 0. The number of H-pyrrole nitrogens is 1. The Morgan fingerprint density at radius 1 is 1.42 bits per heavy atom. The van der Waals surface area contributed by atoms with Crippen molar-refractivity contribution in [1.29, 1.82) is 0 Å². The number of para-hydroxylation sites is 1. The summed E-state index contributed by atoms with van der Waals surface area (Å²) in [6, 6.07) is 6.07. The molecule has 1 aromatic heterocycles.